The van der Waals surface area contributed by atoms with Gasteiger partial charge in [0.2, 0.25) is 0 Å². The molecule has 1 saturated heterocycles. The maximum absolute atomic E-state index is 9.69. The highest BCUT2D eigenvalue weighted by molar-refractivity contribution is 4.83. The fraction of sp³-hybridized carbons (Fsp3) is 1.00. The molecule has 0 spiro atoms. The van der Waals surface area contributed by atoms with Gasteiger partial charge < -0.3 is 14.9 Å². The van der Waals surface area contributed by atoms with E-state index in [1.165, 1.54) is 0 Å². The highest BCUT2D eigenvalue weighted by Gasteiger charge is 2.38. The van der Waals surface area contributed by atoms with Gasteiger partial charge in [0.1, 0.15) is 0 Å². The summed E-state index contributed by atoms with van der Waals surface area (Å²) in [7, 11) is 0. The lowest BCUT2D eigenvalue weighted by atomic mass is 9.82. The highest BCUT2D eigenvalue weighted by atomic mass is 16.6. The lowest BCUT2D eigenvalue weighted by Crippen LogP contribution is -2.48. The SMILES string of the molecule is CC[C@@H]1[C@@H](O)[C@H](C)OC(O)[C@@H]1C. The molecule has 12 heavy (non-hydrogen) atoms. The Bertz CT molecular complexity index is 135. The van der Waals surface area contributed by atoms with Gasteiger partial charge in [0.05, 0.1) is 12.2 Å². The number of ether oxygens (including phenoxy) is 1. The molecule has 0 aromatic carbocycles. The zero-order valence-electron chi connectivity index (χ0n) is 7.90. The zero-order chi connectivity index (χ0) is 9.30. The average molecular weight is 174 g/mol. The van der Waals surface area contributed by atoms with E-state index in [2.05, 4.69) is 0 Å². The molecule has 0 aliphatic carbocycles. The van der Waals surface area contributed by atoms with Crippen LogP contribution in [0, 0.1) is 11.8 Å². The van der Waals surface area contributed by atoms with Crippen molar-refractivity contribution in [1.82, 2.24) is 0 Å². The summed E-state index contributed by atoms with van der Waals surface area (Å²) in [5, 5.41) is 19.1. The van der Waals surface area contributed by atoms with Gasteiger partial charge in [-0.1, -0.05) is 20.3 Å². The van der Waals surface area contributed by atoms with Crippen LogP contribution in [0.15, 0.2) is 0 Å². The lowest BCUT2D eigenvalue weighted by molar-refractivity contribution is -0.241. The van der Waals surface area contributed by atoms with Crippen LogP contribution in [0.3, 0.4) is 0 Å². The average Bonchev–Trinajstić information content (AvgIpc) is 2.02. The van der Waals surface area contributed by atoms with Gasteiger partial charge in [0.15, 0.2) is 6.29 Å². The summed E-state index contributed by atoms with van der Waals surface area (Å²) in [4.78, 5) is 0. The molecule has 1 rings (SSSR count). The molecule has 1 heterocycles. The van der Waals surface area contributed by atoms with E-state index < -0.39 is 12.4 Å². The van der Waals surface area contributed by atoms with Crippen LogP contribution in [-0.4, -0.2) is 28.7 Å². The molecule has 3 nitrogen and oxygen atoms in total. The summed E-state index contributed by atoms with van der Waals surface area (Å²) in [6.07, 6.45) is -0.518. The minimum atomic E-state index is -0.714. The van der Waals surface area contributed by atoms with Crippen molar-refractivity contribution in [1.29, 1.82) is 0 Å². The lowest BCUT2D eigenvalue weighted by Gasteiger charge is -2.40. The normalized spacial score (nSPS) is 49.2. The van der Waals surface area contributed by atoms with E-state index in [0.717, 1.165) is 6.42 Å². The van der Waals surface area contributed by atoms with Crippen LogP contribution in [-0.2, 0) is 4.74 Å². The van der Waals surface area contributed by atoms with Crippen molar-refractivity contribution in [2.45, 2.75) is 45.7 Å². The predicted molar refractivity (Wildman–Crippen MR) is 45.5 cm³/mol. The molecular weight excluding hydrogens is 156 g/mol. The first kappa shape index (κ1) is 9.96. The molecule has 1 aliphatic heterocycles. The summed E-state index contributed by atoms with van der Waals surface area (Å²) >= 11 is 0. The van der Waals surface area contributed by atoms with Crippen molar-refractivity contribution in [2.75, 3.05) is 0 Å². The van der Waals surface area contributed by atoms with E-state index in [4.69, 9.17) is 4.74 Å². The van der Waals surface area contributed by atoms with E-state index in [0.29, 0.717) is 0 Å². The molecule has 1 fully saturated rings. The molecule has 0 radical (unpaired) electrons. The highest BCUT2D eigenvalue weighted by Crippen LogP contribution is 2.31. The van der Waals surface area contributed by atoms with Crippen molar-refractivity contribution >= 4 is 0 Å². The molecule has 0 saturated carbocycles. The Morgan fingerprint density at radius 1 is 1.25 bits per heavy atom. The van der Waals surface area contributed by atoms with Crippen LogP contribution in [0.25, 0.3) is 0 Å². The van der Waals surface area contributed by atoms with E-state index in [1.54, 1.807) is 6.92 Å². The van der Waals surface area contributed by atoms with Gasteiger partial charge in [0, 0.05) is 5.92 Å². The van der Waals surface area contributed by atoms with Crippen LogP contribution >= 0.6 is 0 Å². The topological polar surface area (TPSA) is 49.7 Å². The number of aliphatic hydroxyl groups excluding tert-OH is 2. The molecular formula is C9H18O3. The first-order chi connectivity index (χ1) is 5.57. The molecule has 0 aromatic heterocycles. The fourth-order valence-corrected chi connectivity index (χ4v) is 1.91. The summed E-state index contributed by atoms with van der Waals surface area (Å²) in [6.45, 7) is 5.73. The van der Waals surface area contributed by atoms with Gasteiger partial charge in [-0.05, 0) is 12.8 Å². The molecule has 72 valence electrons. The Balaban J connectivity index is 2.67. The van der Waals surface area contributed by atoms with Gasteiger partial charge >= 0.3 is 0 Å². The Morgan fingerprint density at radius 2 is 1.83 bits per heavy atom. The van der Waals surface area contributed by atoms with Gasteiger partial charge in [-0.15, -0.1) is 0 Å². The minimum Gasteiger partial charge on any atom is -0.390 e. The van der Waals surface area contributed by atoms with Crippen LogP contribution < -0.4 is 0 Å². The third kappa shape index (κ3) is 1.63. The van der Waals surface area contributed by atoms with E-state index in [-0.39, 0.29) is 17.9 Å². The van der Waals surface area contributed by atoms with Gasteiger partial charge in [-0.2, -0.15) is 0 Å². The Hall–Kier alpha value is -0.120. The number of aliphatic hydroxyl groups is 2. The van der Waals surface area contributed by atoms with Crippen LogP contribution in [0.4, 0.5) is 0 Å². The Kier molecular flexibility index (Phi) is 3.09. The molecule has 0 bridgehead atoms. The smallest absolute Gasteiger partial charge is 0.157 e. The zero-order valence-corrected chi connectivity index (χ0v) is 7.90. The largest absolute Gasteiger partial charge is 0.390 e. The molecule has 1 unspecified atom stereocenters. The maximum atomic E-state index is 9.69. The van der Waals surface area contributed by atoms with Crippen molar-refractivity contribution in [3.05, 3.63) is 0 Å². The molecule has 2 N–H and O–H groups in total. The number of rotatable bonds is 1. The van der Waals surface area contributed by atoms with E-state index in [1.807, 2.05) is 13.8 Å². The summed E-state index contributed by atoms with van der Waals surface area (Å²) in [5.74, 6) is 0.185. The van der Waals surface area contributed by atoms with E-state index in [9.17, 15) is 10.2 Å². The standard InChI is InChI=1S/C9H18O3/c1-4-7-5(2)9(11)12-6(3)8(7)10/h5-11H,4H2,1-3H3/t5-,6+,7+,8+,9?/m1/s1. The summed E-state index contributed by atoms with van der Waals surface area (Å²) < 4.78 is 5.15. The summed E-state index contributed by atoms with van der Waals surface area (Å²) in [5.41, 5.74) is 0. The van der Waals surface area contributed by atoms with Gasteiger partial charge in [-0.25, -0.2) is 0 Å². The van der Waals surface area contributed by atoms with Crippen LogP contribution in [0.5, 0.6) is 0 Å². The molecule has 5 atom stereocenters. The second-order valence-corrected chi connectivity index (χ2v) is 3.65. The van der Waals surface area contributed by atoms with Crippen molar-refractivity contribution in [2.24, 2.45) is 11.8 Å². The number of hydrogen-bond acceptors (Lipinski definition) is 3. The molecule has 0 aromatic rings. The van der Waals surface area contributed by atoms with E-state index >= 15 is 0 Å². The quantitative estimate of drug-likeness (QED) is 0.616. The minimum absolute atomic E-state index is 0.0289. The fourth-order valence-electron chi connectivity index (χ4n) is 1.91. The van der Waals surface area contributed by atoms with Crippen molar-refractivity contribution in [3.8, 4) is 0 Å². The first-order valence-electron chi connectivity index (χ1n) is 4.59. The monoisotopic (exact) mass is 174 g/mol. The Labute approximate surface area is 73.4 Å². The van der Waals surface area contributed by atoms with Crippen LogP contribution in [0.2, 0.25) is 0 Å². The second-order valence-electron chi connectivity index (χ2n) is 3.65. The third-order valence-electron chi connectivity index (χ3n) is 2.87. The number of hydrogen-bond donors (Lipinski definition) is 2. The molecule has 3 heteroatoms. The van der Waals surface area contributed by atoms with Crippen molar-refractivity contribution in [3.63, 3.8) is 0 Å². The Morgan fingerprint density at radius 3 is 2.33 bits per heavy atom. The maximum Gasteiger partial charge on any atom is 0.157 e. The first-order valence-corrected chi connectivity index (χ1v) is 4.59. The van der Waals surface area contributed by atoms with Crippen LogP contribution in [0.1, 0.15) is 27.2 Å². The molecule has 1 aliphatic rings. The summed E-state index contributed by atoms with van der Waals surface area (Å²) in [6, 6.07) is 0. The predicted octanol–water partition coefficient (Wildman–Crippen LogP) is 0.747. The van der Waals surface area contributed by atoms with Gasteiger partial charge in [0.25, 0.3) is 0 Å². The van der Waals surface area contributed by atoms with Gasteiger partial charge in [-0.3, -0.25) is 0 Å². The second kappa shape index (κ2) is 3.73. The molecule has 0 amide bonds. The van der Waals surface area contributed by atoms with Crippen molar-refractivity contribution < 1.29 is 14.9 Å². The third-order valence-corrected chi connectivity index (χ3v) is 2.87.